The maximum atomic E-state index is 13.7. The number of aryl methyl sites for hydroxylation is 1. The fourth-order valence-electron chi connectivity index (χ4n) is 3.50. The van der Waals surface area contributed by atoms with Gasteiger partial charge in [-0.15, -0.1) is 0 Å². The van der Waals surface area contributed by atoms with Crippen molar-refractivity contribution in [2.45, 2.75) is 25.7 Å². The number of anilines is 2. The van der Waals surface area contributed by atoms with Crippen LogP contribution in [0, 0.1) is 0 Å². The van der Waals surface area contributed by atoms with Crippen molar-refractivity contribution in [2.75, 3.05) is 18.6 Å². The SMILES string of the molecule is COc1ccc(N2CCCn3c2nc2c(Cl)ccc(CO)c23)c(C(F)(F)F)n1. The van der Waals surface area contributed by atoms with Gasteiger partial charge in [0.05, 0.1) is 29.9 Å². The second-order valence-corrected chi connectivity index (χ2v) is 6.76. The van der Waals surface area contributed by atoms with E-state index in [1.165, 1.54) is 24.1 Å². The Kier molecular flexibility index (Phi) is 4.59. The molecule has 1 aliphatic heterocycles. The number of aliphatic hydroxyl groups excluding tert-OH is 1. The normalized spacial score (nSPS) is 14.4. The summed E-state index contributed by atoms with van der Waals surface area (Å²) in [5, 5.41) is 10.0. The fraction of sp³-hybridized carbons (Fsp3) is 0.333. The summed E-state index contributed by atoms with van der Waals surface area (Å²) in [6.45, 7) is 0.670. The van der Waals surface area contributed by atoms with Gasteiger partial charge < -0.3 is 19.3 Å². The number of benzene rings is 1. The lowest BCUT2D eigenvalue weighted by Crippen LogP contribution is -2.30. The molecule has 1 aromatic carbocycles. The molecule has 0 unspecified atom stereocenters. The average molecular weight is 413 g/mol. The lowest BCUT2D eigenvalue weighted by molar-refractivity contribution is -0.140. The second-order valence-electron chi connectivity index (χ2n) is 6.35. The number of ether oxygens (including phenoxy) is 1. The summed E-state index contributed by atoms with van der Waals surface area (Å²) >= 11 is 6.26. The van der Waals surface area contributed by atoms with Crippen molar-refractivity contribution >= 4 is 34.3 Å². The monoisotopic (exact) mass is 412 g/mol. The second kappa shape index (κ2) is 6.82. The number of aromatic nitrogens is 3. The molecule has 0 atom stereocenters. The number of hydrogen-bond acceptors (Lipinski definition) is 5. The van der Waals surface area contributed by atoms with E-state index in [1.807, 2.05) is 0 Å². The minimum Gasteiger partial charge on any atom is -0.481 e. The highest BCUT2D eigenvalue weighted by molar-refractivity contribution is 6.35. The van der Waals surface area contributed by atoms with Gasteiger partial charge in [0.1, 0.15) is 5.52 Å². The molecule has 0 radical (unpaired) electrons. The number of imidazole rings is 1. The Morgan fingerprint density at radius 1 is 1.18 bits per heavy atom. The van der Waals surface area contributed by atoms with Crippen molar-refractivity contribution < 1.29 is 23.0 Å². The molecular weight excluding hydrogens is 397 g/mol. The Hall–Kier alpha value is -2.52. The molecule has 148 valence electrons. The van der Waals surface area contributed by atoms with E-state index >= 15 is 0 Å². The Balaban J connectivity index is 1.95. The van der Waals surface area contributed by atoms with Crippen molar-refractivity contribution in [1.29, 1.82) is 0 Å². The third kappa shape index (κ3) is 2.94. The summed E-state index contributed by atoms with van der Waals surface area (Å²) in [5.74, 6) is 0.216. The zero-order valence-corrected chi connectivity index (χ0v) is 15.5. The third-order valence-electron chi connectivity index (χ3n) is 4.70. The standard InChI is InChI=1S/C18H16ClF3N4O2/c1-28-13-6-5-12(16(23-13)18(20,21)22)25-7-2-8-26-15-10(9-27)3-4-11(19)14(15)24-17(25)26/h3-6,27H,2,7-9H2,1H3. The number of pyridine rings is 1. The van der Waals surface area contributed by atoms with Crippen LogP contribution in [0.2, 0.25) is 5.02 Å². The molecule has 1 N–H and O–H groups in total. The van der Waals surface area contributed by atoms with Crippen LogP contribution in [0.15, 0.2) is 24.3 Å². The molecule has 4 rings (SSSR count). The first-order valence-corrected chi connectivity index (χ1v) is 8.91. The number of alkyl halides is 3. The molecule has 0 saturated carbocycles. The van der Waals surface area contributed by atoms with Gasteiger partial charge in [-0.1, -0.05) is 17.7 Å². The largest absolute Gasteiger partial charge is 0.481 e. The smallest absolute Gasteiger partial charge is 0.435 e. The van der Waals surface area contributed by atoms with Crippen LogP contribution in [-0.2, 0) is 19.3 Å². The van der Waals surface area contributed by atoms with Gasteiger partial charge in [0, 0.05) is 24.7 Å². The van der Waals surface area contributed by atoms with Gasteiger partial charge >= 0.3 is 6.18 Å². The van der Waals surface area contributed by atoms with Crippen LogP contribution in [-0.4, -0.2) is 33.3 Å². The molecule has 3 aromatic rings. The average Bonchev–Trinajstić information content (AvgIpc) is 3.08. The summed E-state index contributed by atoms with van der Waals surface area (Å²) in [6, 6.07) is 6.03. The Bertz CT molecular complexity index is 1050. The van der Waals surface area contributed by atoms with Gasteiger partial charge in [0.25, 0.3) is 0 Å². The van der Waals surface area contributed by atoms with Gasteiger partial charge in [0.15, 0.2) is 5.69 Å². The molecule has 1 aliphatic rings. The van der Waals surface area contributed by atoms with E-state index in [1.54, 1.807) is 16.7 Å². The molecule has 3 heterocycles. The number of rotatable bonds is 3. The van der Waals surface area contributed by atoms with Crippen LogP contribution >= 0.6 is 11.6 Å². The van der Waals surface area contributed by atoms with E-state index in [9.17, 15) is 18.3 Å². The summed E-state index contributed by atoms with van der Waals surface area (Å²) in [5.41, 5.74) is 0.547. The molecule has 10 heteroatoms. The van der Waals surface area contributed by atoms with Crippen molar-refractivity contribution in [1.82, 2.24) is 14.5 Å². The van der Waals surface area contributed by atoms with E-state index in [-0.39, 0.29) is 18.2 Å². The summed E-state index contributed by atoms with van der Waals surface area (Å²) in [4.78, 5) is 9.61. The van der Waals surface area contributed by atoms with Crippen molar-refractivity contribution in [3.63, 3.8) is 0 Å². The predicted octanol–water partition coefficient (Wildman–Crippen LogP) is 4.15. The van der Waals surface area contributed by atoms with E-state index in [0.29, 0.717) is 47.1 Å². The molecular formula is C18H16ClF3N4O2. The number of fused-ring (bicyclic) bond motifs is 3. The topological polar surface area (TPSA) is 63.4 Å². The molecule has 28 heavy (non-hydrogen) atoms. The molecule has 0 saturated heterocycles. The number of nitrogens with zero attached hydrogens (tertiary/aromatic N) is 4. The number of hydrogen-bond donors (Lipinski definition) is 1. The van der Waals surface area contributed by atoms with Gasteiger partial charge in [0.2, 0.25) is 11.8 Å². The number of halogens is 4. The van der Waals surface area contributed by atoms with Crippen LogP contribution in [0.4, 0.5) is 24.8 Å². The van der Waals surface area contributed by atoms with Gasteiger partial charge in [-0.25, -0.2) is 9.97 Å². The Morgan fingerprint density at radius 3 is 2.64 bits per heavy atom. The number of aliphatic hydroxyl groups is 1. The van der Waals surface area contributed by atoms with Crippen molar-refractivity contribution in [2.24, 2.45) is 0 Å². The van der Waals surface area contributed by atoms with Gasteiger partial charge in [-0.05, 0) is 18.6 Å². The van der Waals surface area contributed by atoms with E-state index in [4.69, 9.17) is 16.3 Å². The first-order valence-electron chi connectivity index (χ1n) is 8.53. The molecule has 0 aliphatic carbocycles. The molecule has 0 spiro atoms. The third-order valence-corrected chi connectivity index (χ3v) is 5.01. The summed E-state index contributed by atoms with van der Waals surface area (Å²) < 4.78 is 47.6. The Morgan fingerprint density at radius 2 is 1.96 bits per heavy atom. The van der Waals surface area contributed by atoms with E-state index < -0.39 is 11.9 Å². The minimum absolute atomic E-state index is 0.105. The first kappa shape index (κ1) is 18.8. The quantitative estimate of drug-likeness (QED) is 0.700. The highest BCUT2D eigenvalue weighted by Crippen LogP contribution is 2.42. The first-order chi connectivity index (χ1) is 13.3. The molecule has 2 aromatic heterocycles. The highest BCUT2D eigenvalue weighted by Gasteiger charge is 2.39. The number of methoxy groups -OCH3 is 1. The molecule has 0 fully saturated rings. The molecule has 0 amide bonds. The van der Waals surface area contributed by atoms with Gasteiger partial charge in [-0.3, -0.25) is 0 Å². The van der Waals surface area contributed by atoms with Crippen LogP contribution in [0.3, 0.4) is 0 Å². The van der Waals surface area contributed by atoms with E-state index in [0.717, 1.165) is 0 Å². The molecule has 6 nitrogen and oxygen atoms in total. The predicted molar refractivity (Wildman–Crippen MR) is 98.1 cm³/mol. The molecule has 0 bridgehead atoms. The maximum Gasteiger partial charge on any atom is 0.435 e. The van der Waals surface area contributed by atoms with Crippen LogP contribution in [0.1, 0.15) is 17.7 Å². The zero-order valence-electron chi connectivity index (χ0n) is 14.8. The maximum absolute atomic E-state index is 13.7. The van der Waals surface area contributed by atoms with Crippen LogP contribution in [0.5, 0.6) is 5.88 Å². The van der Waals surface area contributed by atoms with Crippen LogP contribution < -0.4 is 9.64 Å². The van der Waals surface area contributed by atoms with Crippen molar-refractivity contribution in [3.05, 3.63) is 40.5 Å². The highest BCUT2D eigenvalue weighted by atomic mass is 35.5. The van der Waals surface area contributed by atoms with Gasteiger partial charge in [-0.2, -0.15) is 13.2 Å². The summed E-state index contributed by atoms with van der Waals surface area (Å²) in [7, 11) is 1.26. The zero-order chi connectivity index (χ0) is 20.1. The van der Waals surface area contributed by atoms with Crippen molar-refractivity contribution in [3.8, 4) is 5.88 Å². The van der Waals surface area contributed by atoms with Crippen LogP contribution in [0.25, 0.3) is 11.0 Å². The minimum atomic E-state index is -4.66. The lowest BCUT2D eigenvalue weighted by Gasteiger charge is -2.31. The lowest BCUT2D eigenvalue weighted by atomic mass is 10.2. The van der Waals surface area contributed by atoms with E-state index in [2.05, 4.69) is 9.97 Å². The Labute approximate surface area is 163 Å². The summed E-state index contributed by atoms with van der Waals surface area (Å²) in [6.07, 6.45) is -4.06. The fourth-order valence-corrected chi connectivity index (χ4v) is 3.69.